The Bertz CT molecular complexity index is 1240. The number of pyridine rings is 1. The second-order valence-corrected chi connectivity index (χ2v) is 7.64. The number of carbonyl (C=O) groups excluding carboxylic acids is 2. The number of hydrogen-bond acceptors (Lipinski definition) is 5. The van der Waals surface area contributed by atoms with Crippen LogP contribution < -0.4 is 15.5 Å². The van der Waals surface area contributed by atoms with Crippen LogP contribution in [0.1, 0.15) is 20.9 Å². The van der Waals surface area contributed by atoms with Crippen molar-refractivity contribution >= 4 is 50.6 Å². The van der Waals surface area contributed by atoms with Crippen LogP contribution in [-0.2, 0) is 0 Å². The first-order chi connectivity index (χ1) is 15.5. The molecule has 0 saturated carbocycles. The number of nitrogens with one attached hydrogen (secondary N) is 2. The summed E-state index contributed by atoms with van der Waals surface area (Å²) >= 11 is 3.19. The minimum absolute atomic E-state index is 0.167. The molecule has 2 N–H and O–H groups in total. The molecule has 4 rings (SSSR count). The summed E-state index contributed by atoms with van der Waals surface area (Å²) in [7, 11) is 1.59. The van der Waals surface area contributed by atoms with Crippen LogP contribution in [0.2, 0.25) is 0 Å². The van der Waals surface area contributed by atoms with Crippen molar-refractivity contribution in [3.05, 3.63) is 101 Å². The van der Waals surface area contributed by atoms with Gasteiger partial charge < -0.3 is 20.0 Å². The topological polar surface area (TPSA) is 87.5 Å². The number of para-hydroxylation sites is 2. The van der Waals surface area contributed by atoms with E-state index >= 15 is 0 Å². The highest BCUT2D eigenvalue weighted by molar-refractivity contribution is 9.10. The van der Waals surface area contributed by atoms with Crippen molar-refractivity contribution in [3.8, 4) is 0 Å². The van der Waals surface area contributed by atoms with Gasteiger partial charge in [-0.2, -0.15) is 0 Å². The van der Waals surface area contributed by atoms with Gasteiger partial charge in [0.25, 0.3) is 11.8 Å². The van der Waals surface area contributed by atoms with Crippen LogP contribution in [0, 0.1) is 0 Å². The maximum atomic E-state index is 13.0. The molecule has 2 aromatic heterocycles. The van der Waals surface area contributed by atoms with Crippen molar-refractivity contribution < 1.29 is 14.0 Å². The third-order valence-electron chi connectivity index (χ3n) is 4.67. The Labute approximate surface area is 193 Å². The van der Waals surface area contributed by atoms with E-state index in [0.29, 0.717) is 27.4 Å². The van der Waals surface area contributed by atoms with Crippen molar-refractivity contribution in [3.63, 3.8) is 0 Å². The highest BCUT2D eigenvalue weighted by atomic mass is 79.9. The van der Waals surface area contributed by atoms with Gasteiger partial charge in [0.05, 0.1) is 23.1 Å². The Kier molecular flexibility index (Phi) is 6.32. The average molecular weight is 491 g/mol. The van der Waals surface area contributed by atoms with Crippen LogP contribution >= 0.6 is 15.9 Å². The number of hydrogen-bond donors (Lipinski definition) is 2. The van der Waals surface area contributed by atoms with Crippen molar-refractivity contribution in [1.29, 1.82) is 0 Å². The molecule has 0 spiro atoms. The molecule has 0 fully saturated rings. The lowest BCUT2D eigenvalue weighted by Crippen LogP contribution is -2.28. The molecule has 2 amide bonds. The third kappa shape index (κ3) is 4.87. The molecule has 8 heteroatoms. The zero-order chi connectivity index (χ0) is 22.5. The highest BCUT2D eigenvalue weighted by Crippen LogP contribution is 2.24. The van der Waals surface area contributed by atoms with E-state index in [0.717, 1.165) is 5.69 Å². The van der Waals surface area contributed by atoms with Gasteiger partial charge in [-0.15, -0.1) is 0 Å². The molecule has 4 aromatic rings. The first kappa shape index (κ1) is 21.3. The lowest BCUT2D eigenvalue weighted by molar-refractivity contribution is 0.0965. The van der Waals surface area contributed by atoms with Gasteiger partial charge in [0.15, 0.2) is 10.4 Å². The molecule has 0 radical (unpaired) electrons. The summed E-state index contributed by atoms with van der Waals surface area (Å²) in [5, 5.41) is 6.02. The van der Waals surface area contributed by atoms with E-state index in [2.05, 4.69) is 31.5 Å². The van der Waals surface area contributed by atoms with E-state index in [1.165, 1.54) is 4.90 Å². The molecule has 2 heterocycles. The van der Waals surface area contributed by atoms with Crippen LogP contribution in [0.4, 0.5) is 22.9 Å². The average Bonchev–Trinajstić information content (AvgIpc) is 3.26. The molecular formula is C24H19BrN4O3. The number of nitrogens with zero attached hydrogens (tertiary/aromatic N) is 2. The number of anilines is 4. The van der Waals surface area contributed by atoms with Gasteiger partial charge in [-0.25, -0.2) is 4.98 Å². The smallest absolute Gasteiger partial charge is 0.293 e. The first-order valence-electron chi connectivity index (χ1n) is 9.73. The summed E-state index contributed by atoms with van der Waals surface area (Å²) < 4.78 is 5.80. The first-order valence-corrected chi connectivity index (χ1v) is 10.5. The molecule has 0 unspecified atom stereocenters. The maximum Gasteiger partial charge on any atom is 0.293 e. The Morgan fingerprint density at radius 2 is 1.66 bits per heavy atom. The fraction of sp³-hybridized carbons (Fsp3) is 0.0417. The second-order valence-electron chi connectivity index (χ2n) is 6.86. The lowest BCUT2D eigenvalue weighted by atomic mass is 10.1. The number of aromatic nitrogens is 1. The number of halogens is 1. The van der Waals surface area contributed by atoms with Gasteiger partial charge in [0.1, 0.15) is 5.82 Å². The zero-order valence-corrected chi connectivity index (χ0v) is 18.7. The van der Waals surface area contributed by atoms with E-state index in [1.807, 2.05) is 30.3 Å². The molecule has 160 valence electrons. The maximum absolute atomic E-state index is 13.0. The van der Waals surface area contributed by atoms with Crippen LogP contribution in [0.3, 0.4) is 0 Å². The largest absolute Gasteiger partial charge is 0.444 e. The van der Waals surface area contributed by atoms with E-state index in [4.69, 9.17) is 4.42 Å². The minimum Gasteiger partial charge on any atom is -0.444 e. The summed E-state index contributed by atoms with van der Waals surface area (Å²) in [4.78, 5) is 31.4. The van der Waals surface area contributed by atoms with Crippen molar-refractivity contribution in [2.24, 2.45) is 0 Å². The molecule has 2 aromatic carbocycles. The van der Waals surface area contributed by atoms with E-state index in [-0.39, 0.29) is 17.6 Å². The van der Waals surface area contributed by atoms with E-state index < -0.39 is 0 Å². The number of amides is 2. The van der Waals surface area contributed by atoms with Crippen molar-refractivity contribution in [1.82, 2.24) is 4.98 Å². The third-order valence-corrected chi connectivity index (χ3v) is 5.09. The monoisotopic (exact) mass is 490 g/mol. The molecule has 32 heavy (non-hydrogen) atoms. The SMILES string of the molecule is CN(C(=O)c1ccc(Br)o1)c1ccccc1C(=O)Nc1ccc(Nc2ccccc2)nc1. The summed E-state index contributed by atoms with van der Waals surface area (Å²) in [6.07, 6.45) is 1.57. The van der Waals surface area contributed by atoms with Crippen molar-refractivity contribution in [2.75, 3.05) is 22.6 Å². The molecule has 0 atom stereocenters. The highest BCUT2D eigenvalue weighted by Gasteiger charge is 2.22. The number of carbonyl (C=O) groups is 2. The Morgan fingerprint density at radius 3 is 2.34 bits per heavy atom. The number of furan rings is 1. The number of rotatable bonds is 6. The van der Waals surface area contributed by atoms with Crippen LogP contribution in [0.15, 0.2) is 94.1 Å². The van der Waals surface area contributed by atoms with Crippen LogP contribution in [-0.4, -0.2) is 23.8 Å². The Hall–Kier alpha value is -3.91. The summed E-state index contributed by atoms with van der Waals surface area (Å²) in [6.45, 7) is 0. The summed E-state index contributed by atoms with van der Waals surface area (Å²) in [6, 6.07) is 23.3. The number of benzene rings is 2. The summed E-state index contributed by atoms with van der Waals surface area (Å²) in [5.74, 6) is 0.102. The van der Waals surface area contributed by atoms with Gasteiger partial charge >= 0.3 is 0 Å². The summed E-state index contributed by atoms with van der Waals surface area (Å²) in [5.41, 5.74) is 2.26. The molecule has 0 aliphatic heterocycles. The van der Waals surface area contributed by atoms with E-state index in [1.54, 1.807) is 61.8 Å². The molecule has 7 nitrogen and oxygen atoms in total. The van der Waals surface area contributed by atoms with Gasteiger partial charge in [-0.3, -0.25) is 9.59 Å². The lowest BCUT2D eigenvalue weighted by Gasteiger charge is -2.19. The predicted molar refractivity (Wildman–Crippen MR) is 127 cm³/mol. The van der Waals surface area contributed by atoms with E-state index in [9.17, 15) is 9.59 Å². The van der Waals surface area contributed by atoms with Gasteiger partial charge in [0.2, 0.25) is 0 Å². The molecule has 0 saturated heterocycles. The standard InChI is InChI=1S/C24H19BrN4O3/c1-29(24(31)20-12-13-21(25)32-20)19-10-6-5-9-18(19)23(30)28-17-11-14-22(26-15-17)27-16-7-3-2-4-8-16/h2-15H,1H3,(H,26,27)(H,28,30). The fourth-order valence-electron chi connectivity index (χ4n) is 3.07. The second kappa shape index (κ2) is 9.49. The molecule has 0 aliphatic rings. The zero-order valence-electron chi connectivity index (χ0n) is 17.1. The van der Waals surface area contributed by atoms with Crippen LogP contribution in [0.5, 0.6) is 0 Å². The Balaban J connectivity index is 1.48. The van der Waals surface area contributed by atoms with Gasteiger partial charge in [-0.05, 0) is 64.5 Å². The molecule has 0 aliphatic carbocycles. The van der Waals surface area contributed by atoms with Gasteiger partial charge in [0, 0.05) is 12.7 Å². The minimum atomic E-state index is -0.367. The molecular weight excluding hydrogens is 472 g/mol. The Morgan fingerprint density at radius 1 is 0.906 bits per heavy atom. The fourth-order valence-corrected chi connectivity index (χ4v) is 3.38. The van der Waals surface area contributed by atoms with Crippen molar-refractivity contribution in [2.45, 2.75) is 0 Å². The molecule has 0 bridgehead atoms. The normalized spacial score (nSPS) is 10.4. The van der Waals surface area contributed by atoms with Crippen LogP contribution in [0.25, 0.3) is 0 Å². The predicted octanol–water partition coefficient (Wildman–Crippen LogP) is 5.71. The quantitative estimate of drug-likeness (QED) is 0.361. The van der Waals surface area contributed by atoms with Gasteiger partial charge in [-0.1, -0.05) is 30.3 Å².